The molecule has 0 saturated carbocycles. The van der Waals surface area contributed by atoms with E-state index in [1.807, 2.05) is 6.92 Å². The van der Waals surface area contributed by atoms with E-state index >= 15 is 0 Å². The normalized spacial score (nSPS) is 17.1. The summed E-state index contributed by atoms with van der Waals surface area (Å²) in [7, 11) is -3.54. The largest absolute Gasteiger partial charge is 0.350 e. The van der Waals surface area contributed by atoms with E-state index in [0.29, 0.717) is 25.2 Å². The van der Waals surface area contributed by atoms with E-state index in [0.717, 1.165) is 37.9 Å². The molecule has 1 saturated heterocycles. The number of hydrogen-bond donors (Lipinski definition) is 1. The van der Waals surface area contributed by atoms with Crippen molar-refractivity contribution in [3.63, 3.8) is 0 Å². The van der Waals surface area contributed by atoms with Gasteiger partial charge in [-0.2, -0.15) is 4.31 Å². The molecular weight excluding hydrogens is 362 g/mol. The first kappa shape index (κ1) is 21.9. The van der Waals surface area contributed by atoms with Gasteiger partial charge in [0.1, 0.15) is 0 Å². The lowest BCUT2D eigenvalue weighted by Crippen LogP contribution is -2.42. The van der Waals surface area contributed by atoms with Crippen LogP contribution in [0.3, 0.4) is 0 Å². The Morgan fingerprint density at radius 1 is 1.19 bits per heavy atom. The third kappa shape index (κ3) is 5.30. The average molecular weight is 396 g/mol. The molecule has 1 heterocycles. The maximum absolute atomic E-state index is 12.9. The Bertz CT molecular complexity index is 739. The predicted octanol–water partition coefficient (Wildman–Crippen LogP) is 2.63. The van der Waals surface area contributed by atoms with Crippen molar-refractivity contribution in [2.45, 2.75) is 57.9 Å². The van der Waals surface area contributed by atoms with Crippen LogP contribution in [-0.4, -0.2) is 62.3 Å². The van der Waals surface area contributed by atoms with Crippen molar-refractivity contribution in [3.8, 4) is 0 Å². The van der Waals surface area contributed by atoms with Crippen molar-refractivity contribution < 1.29 is 13.2 Å². The van der Waals surface area contributed by atoms with Crippen molar-refractivity contribution >= 4 is 15.9 Å². The topological polar surface area (TPSA) is 69.7 Å². The third-order valence-electron chi connectivity index (χ3n) is 5.40. The molecule has 1 atom stereocenters. The number of amides is 1. The predicted molar refractivity (Wildman–Crippen MR) is 109 cm³/mol. The number of nitrogens with zero attached hydrogens (tertiary/aromatic N) is 2. The van der Waals surface area contributed by atoms with Crippen LogP contribution in [0.15, 0.2) is 23.1 Å². The molecule has 0 aromatic heterocycles. The third-order valence-corrected chi connectivity index (χ3v) is 7.29. The summed E-state index contributed by atoms with van der Waals surface area (Å²) in [4.78, 5) is 15.2. The van der Waals surface area contributed by atoms with Crippen LogP contribution < -0.4 is 5.32 Å². The van der Waals surface area contributed by atoms with Crippen LogP contribution in [0.2, 0.25) is 0 Å². The van der Waals surface area contributed by atoms with Crippen LogP contribution in [0.4, 0.5) is 0 Å². The number of piperidine rings is 1. The lowest BCUT2D eigenvalue weighted by atomic mass is 10.1. The average Bonchev–Trinajstić information content (AvgIpc) is 2.68. The fourth-order valence-corrected chi connectivity index (χ4v) is 5.12. The molecule has 1 N–H and O–H groups in total. The highest BCUT2D eigenvalue weighted by molar-refractivity contribution is 7.89. The fraction of sp³-hybridized carbons (Fsp3) is 0.650. The highest BCUT2D eigenvalue weighted by Crippen LogP contribution is 2.22. The molecule has 1 aliphatic rings. The maximum atomic E-state index is 12.9. The van der Waals surface area contributed by atoms with Gasteiger partial charge in [0.05, 0.1) is 4.90 Å². The van der Waals surface area contributed by atoms with Gasteiger partial charge >= 0.3 is 0 Å². The number of carbonyl (C=O) groups excluding carboxylic acids is 1. The molecule has 1 amide bonds. The minimum Gasteiger partial charge on any atom is -0.350 e. The quantitative estimate of drug-likeness (QED) is 0.735. The molecule has 0 bridgehead atoms. The SMILES string of the molecule is CCN(CC)C(C)CNC(=O)c1cc(S(=O)(=O)N2CCCCC2)ccc1C. The second kappa shape index (κ2) is 9.66. The molecule has 1 aromatic rings. The number of likely N-dealkylation sites (N-methyl/N-ethyl adjacent to an activating group) is 1. The van der Waals surface area contributed by atoms with Crippen LogP contribution in [0.1, 0.15) is 56.0 Å². The standard InChI is InChI=1S/C20H33N3O3S/c1-5-22(6-2)17(4)15-21-20(24)19-14-18(11-10-16(19)3)27(25,26)23-12-8-7-9-13-23/h10-11,14,17H,5-9,12-13,15H2,1-4H3,(H,21,24). The van der Waals surface area contributed by atoms with Gasteiger partial charge in [0.2, 0.25) is 10.0 Å². The van der Waals surface area contributed by atoms with Gasteiger partial charge in [-0.15, -0.1) is 0 Å². The summed E-state index contributed by atoms with van der Waals surface area (Å²) in [5.74, 6) is -0.220. The van der Waals surface area contributed by atoms with Crippen LogP contribution in [-0.2, 0) is 10.0 Å². The zero-order chi connectivity index (χ0) is 20.0. The molecule has 1 aliphatic heterocycles. The van der Waals surface area contributed by atoms with Gasteiger partial charge in [-0.3, -0.25) is 9.69 Å². The number of benzene rings is 1. The Balaban J connectivity index is 2.15. The summed E-state index contributed by atoms with van der Waals surface area (Å²) in [6, 6.07) is 5.08. The summed E-state index contributed by atoms with van der Waals surface area (Å²) in [6.07, 6.45) is 2.85. The number of sulfonamides is 1. The van der Waals surface area contributed by atoms with E-state index in [4.69, 9.17) is 0 Å². The molecule has 1 fully saturated rings. The molecule has 6 nitrogen and oxygen atoms in total. The Morgan fingerprint density at radius 2 is 1.81 bits per heavy atom. The second-order valence-corrected chi connectivity index (χ2v) is 9.16. The number of aryl methyl sites for hydroxylation is 1. The van der Waals surface area contributed by atoms with Gasteiger partial charge in [0.15, 0.2) is 0 Å². The van der Waals surface area contributed by atoms with Gasteiger partial charge in [0.25, 0.3) is 5.91 Å². The van der Waals surface area contributed by atoms with E-state index in [-0.39, 0.29) is 16.8 Å². The second-order valence-electron chi connectivity index (χ2n) is 7.22. The smallest absolute Gasteiger partial charge is 0.251 e. The minimum absolute atomic E-state index is 0.206. The Hall–Kier alpha value is -1.44. The maximum Gasteiger partial charge on any atom is 0.251 e. The van der Waals surface area contributed by atoms with Gasteiger partial charge < -0.3 is 5.32 Å². The molecular formula is C20H33N3O3S. The van der Waals surface area contributed by atoms with Crippen molar-refractivity contribution in [1.29, 1.82) is 0 Å². The number of hydrogen-bond acceptors (Lipinski definition) is 4. The highest BCUT2D eigenvalue weighted by Gasteiger charge is 2.27. The van der Waals surface area contributed by atoms with Crippen LogP contribution >= 0.6 is 0 Å². The van der Waals surface area contributed by atoms with E-state index in [9.17, 15) is 13.2 Å². The highest BCUT2D eigenvalue weighted by atomic mass is 32.2. The van der Waals surface area contributed by atoms with Gasteiger partial charge in [0, 0.05) is 31.2 Å². The van der Waals surface area contributed by atoms with Crippen LogP contribution in [0.25, 0.3) is 0 Å². The number of rotatable bonds is 8. The van der Waals surface area contributed by atoms with E-state index in [1.165, 1.54) is 10.4 Å². The van der Waals surface area contributed by atoms with Gasteiger partial charge in [-0.25, -0.2) is 8.42 Å². The summed E-state index contributed by atoms with van der Waals surface area (Å²) in [5, 5.41) is 2.96. The molecule has 152 valence electrons. The molecule has 0 spiro atoms. The summed E-state index contributed by atoms with van der Waals surface area (Å²) < 4.78 is 27.3. The van der Waals surface area contributed by atoms with Crippen molar-refractivity contribution in [2.75, 3.05) is 32.7 Å². The van der Waals surface area contributed by atoms with Gasteiger partial charge in [-0.1, -0.05) is 26.3 Å². The summed E-state index contributed by atoms with van der Waals surface area (Å²) >= 11 is 0. The molecule has 0 aliphatic carbocycles. The van der Waals surface area contributed by atoms with E-state index in [1.54, 1.807) is 12.1 Å². The molecule has 1 aromatic carbocycles. The number of carbonyl (C=O) groups is 1. The fourth-order valence-electron chi connectivity index (χ4n) is 3.57. The first-order valence-electron chi connectivity index (χ1n) is 9.94. The Labute approximate surface area is 164 Å². The number of nitrogens with one attached hydrogen (secondary N) is 1. The van der Waals surface area contributed by atoms with Crippen LogP contribution in [0.5, 0.6) is 0 Å². The lowest BCUT2D eigenvalue weighted by molar-refractivity contribution is 0.0937. The Morgan fingerprint density at radius 3 is 2.41 bits per heavy atom. The molecule has 0 radical (unpaired) electrons. The first-order chi connectivity index (χ1) is 12.8. The molecule has 7 heteroatoms. The minimum atomic E-state index is -3.54. The summed E-state index contributed by atoms with van der Waals surface area (Å²) in [6.45, 7) is 11.6. The summed E-state index contributed by atoms with van der Waals surface area (Å²) in [5.41, 5.74) is 1.21. The zero-order valence-corrected chi connectivity index (χ0v) is 17.8. The first-order valence-corrected chi connectivity index (χ1v) is 11.4. The van der Waals surface area contributed by atoms with Crippen molar-refractivity contribution in [3.05, 3.63) is 29.3 Å². The van der Waals surface area contributed by atoms with Crippen molar-refractivity contribution in [2.24, 2.45) is 0 Å². The van der Waals surface area contributed by atoms with Gasteiger partial charge in [-0.05, 0) is 57.5 Å². The molecule has 2 rings (SSSR count). The Kier molecular flexibility index (Phi) is 7.82. The lowest BCUT2D eigenvalue weighted by Gasteiger charge is -2.27. The molecule has 27 heavy (non-hydrogen) atoms. The molecule has 1 unspecified atom stereocenters. The van der Waals surface area contributed by atoms with E-state index in [2.05, 4.69) is 31.0 Å². The van der Waals surface area contributed by atoms with Crippen molar-refractivity contribution in [1.82, 2.24) is 14.5 Å². The van der Waals surface area contributed by atoms with E-state index < -0.39 is 10.0 Å². The monoisotopic (exact) mass is 395 g/mol. The zero-order valence-electron chi connectivity index (χ0n) is 17.0. The van der Waals surface area contributed by atoms with Crippen LogP contribution in [0, 0.1) is 6.92 Å².